The zero-order valence-electron chi connectivity index (χ0n) is 19.2. The van der Waals surface area contributed by atoms with Crippen molar-refractivity contribution in [1.82, 2.24) is 0 Å². The summed E-state index contributed by atoms with van der Waals surface area (Å²) in [7, 11) is 0. The zero-order chi connectivity index (χ0) is 21.5. The first-order chi connectivity index (χ1) is 12.7. The number of rotatable bonds is 6. The van der Waals surface area contributed by atoms with Crippen LogP contribution in [-0.4, -0.2) is 22.8 Å². The third-order valence-electron chi connectivity index (χ3n) is 7.04. The van der Waals surface area contributed by atoms with E-state index in [-0.39, 0.29) is 22.9 Å². The van der Waals surface area contributed by atoms with Crippen molar-refractivity contribution in [1.29, 1.82) is 0 Å². The van der Waals surface area contributed by atoms with Gasteiger partial charge in [-0.15, -0.1) is 0 Å². The number of carbonyl (C=O) groups excluding carboxylic acids is 1. The minimum absolute atomic E-state index is 0.215. The quantitative estimate of drug-likeness (QED) is 0.198. The Morgan fingerprint density at radius 1 is 1.21 bits per heavy atom. The highest BCUT2D eigenvalue weighted by atomic mass is 17.2. The van der Waals surface area contributed by atoms with Crippen LogP contribution in [0.4, 0.5) is 0 Å². The Morgan fingerprint density at radius 2 is 1.82 bits per heavy atom. The molecule has 2 fully saturated rings. The highest BCUT2D eigenvalue weighted by Gasteiger charge is 2.63. The third kappa shape index (κ3) is 4.47. The van der Waals surface area contributed by atoms with Crippen LogP contribution in [0.1, 0.15) is 81.6 Å². The second-order valence-electron chi connectivity index (χ2n) is 10.5. The number of hydrogen-bond donors (Lipinski definition) is 0. The van der Waals surface area contributed by atoms with Gasteiger partial charge in [0, 0.05) is 17.9 Å². The first-order valence-corrected chi connectivity index (χ1v) is 10.5. The number of hydrogen-bond acceptors (Lipinski definition) is 4. The van der Waals surface area contributed by atoms with E-state index in [4.69, 9.17) is 14.5 Å². The molecule has 0 amide bonds. The van der Waals surface area contributed by atoms with Crippen LogP contribution in [-0.2, 0) is 19.3 Å². The van der Waals surface area contributed by atoms with Gasteiger partial charge in [0.2, 0.25) is 0 Å². The van der Waals surface area contributed by atoms with E-state index >= 15 is 0 Å². The third-order valence-corrected chi connectivity index (χ3v) is 7.04. The van der Waals surface area contributed by atoms with Gasteiger partial charge in [-0.25, -0.2) is 14.6 Å². The van der Waals surface area contributed by atoms with Gasteiger partial charge >= 0.3 is 5.97 Å². The van der Waals surface area contributed by atoms with Gasteiger partial charge in [-0.2, -0.15) is 0 Å². The van der Waals surface area contributed by atoms with Crippen LogP contribution in [0.25, 0.3) is 0 Å². The van der Waals surface area contributed by atoms with Crippen LogP contribution < -0.4 is 0 Å². The molecule has 4 nitrogen and oxygen atoms in total. The largest absolute Gasteiger partial charge is 0.442 e. The summed E-state index contributed by atoms with van der Waals surface area (Å²) in [4.78, 5) is 23.7. The molecule has 158 valence electrons. The summed E-state index contributed by atoms with van der Waals surface area (Å²) in [6.45, 7) is 22.1. The summed E-state index contributed by atoms with van der Waals surface area (Å²) < 4.78 is 6.01. The average molecular weight is 391 g/mol. The molecule has 28 heavy (non-hydrogen) atoms. The van der Waals surface area contributed by atoms with Crippen molar-refractivity contribution in [2.24, 2.45) is 23.2 Å². The van der Waals surface area contributed by atoms with E-state index in [2.05, 4.69) is 39.2 Å². The fourth-order valence-electron chi connectivity index (χ4n) is 4.25. The molecule has 2 aliphatic rings. The maximum atomic E-state index is 12.4. The van der Waals surface area contributed by atoms with Crippen molar-refractivity contribution in [2.45, 2.75) is 98.4 Å². The molecule has 0 heterocycles. The maximum Gasteiger partial charge on any atom is 0.334 e. The Labute approximate surface area is 171 Å². The monoisotopic (exact) mass is 390 g/mol. The number of fused-ring (bicyclic) bond motifs is 2. The predicted octanol–water partition coefficient (Wildman–Crippen LogP) is 5.47. The molecular weight excluding hydrogens is 352 g/mol. The molecule has 0 N–H and O–H groups in total. The van der Waals surface area contributed by atoms with Crippen molar-refractivity contribution in [2.75, 3.05) is 0 Å². The molecule has 0 aliphatic heterocycles. The summed E-state index contributed by atoms with van der Waals surface area (Å²) in [6.07, 6.45) is 2.62. The molecule has 0 saturated heterocycles. The van der Waals surface area contributed by atoms with Gasteiger partial charge in [0.15, 0.2) is 11.2 Å². The number of carbonyl (C=O) groups is 1. The second kappa shape index (κ2) is 7.50. The molecule has 4 atom stereocenters. The Kier molecular flexibility index (Phi) is 6.16. The standard InChI is InChI=1S/C24H38O4/c1-11-21(5,6)27-28-22(7,8)12-13-24(26-20(25)16(2)3)15-18-14-19(24)17(4)23(18,9)10/h17-19H,2,11,14-15H2,1,3-10H3/t17-,18+,19-,24+/m0/s1. The van der Waals surface area contributed by atoms with Gasteiger partial charge < -0.3 is 4.74 Å². The fourth-order valence-corrected chi connectivity index (χ4v) is 4.25. The molecule has 0 radical (unpaired) electrons. The van der Waals surface area contributed by atoms with E-state index in [9.17, 15) is 4.79 Å². The lowest BCUT2D eigenvalue weighted by atomic mass is 9.64. The molecule has 0 unspecified atom stereocenters. The molecule has 0 spiro atoms. The number of esters is 1. The van der Waals surface area contributed by atoms with Crippen LogP contribution >= 0.6 is 0 Å². The first-order valence-electron chi connectivity index (χ1n) is 10.5. The summed E-state index contributed by atoms with van der Waals surface area (Å²) in [5, 5.41) is 0. The van der Waals surface area contributed by atoms with Crippen molar-refractivity contribution in [3.63, 3.8) is 0 Å². The van der Waals surface area contributed by atoms with Gasteiger partial charge in [-0.3, -0.25) is 0 Å². The molecule has 2 bridgehead atoms. The molecule has 0 aromatic carbocycles. The van der Waals surface area contributed by atoms with E-state index in [0.717, 1.165) is 19.3 Å². The van der Waals surface area contributed by atoms with E-state index in [0.29, 0.717) is 17.4 Å². The van der Waals surface area contributed by atoms with Crippen molar-refractivity contribution >= 4 is 5.97 Å². The molecule has 0 aromatic heterocycles. The van der Waals surface area contributed by atoms with Crippen LogP contribution in [0.2, 0.25) is 0 Å². The second-order valence-corrected chi connectivity index (χ2v) is 10.5. The summed E-state index contributed by atoms with van der Waals surface area (Å²) in [5.74, 6) is 7.30. The van der Waals surface area contributed by atoms with E-state index in [1.54, 1.807) is 6.92 Å². The Morgan fingerprint density at radius 3 is 2.29 bits per heavy atom. The van der Waals surface area contributed by atoms with Gasteiger partial charge in [-0.1, -0.05) is 46.1 Å². The van der Waals surface area contributed by atoms with Crippen molar-refractivity contribution < 1.29 is 19.3 Å². The molecule has 2 saturated carbocycles. The minimum Gasteiger partial charge on any atom is -0.442 e. The highest BCUT2D eigenvalue weighted by molar-refractivity contribution is 5.87. The molecule has 0 aromatic rings. The lowest BCUT2D eigenvalue weighted by Crippen LogP contribution is -2.47. The molecular formula is C24H38O4. The van der Waals surface area contributed by atoms with E-state index in [1.807, 2.05) is 34.6 Å². The highest BCUT2D eigenvalue weighted by Crippen LogP contribution is 2.63. The van der Waals surface area contributed by atoms with Gasteiger partial charge in [0.1, 0.15) is 0 Å². The molecule has 2 rings (SSSR count). The first kappa shape index (κ1) is 23.0. The average Bonchev–Trinajstić information content (AvgIpc) is 3.07. The van der Waals surface area contributed by atoms with Crippen LogP contribution in [0.3, 0.4) is 0 Å². The van der Waals surface area contributed by atoms with Crippen molar-refractivity contribution in [3.05, 3.63) is 12.2 Å². The summed E-state index contributed by atoms with van der Waals surface area (Å²) >= 11 is 0. The van der Waals surface area contributed by atoms with Gasteiger partial charge in [-0.05, 0) is 64.7 Å². The van der Waals surface area contributed by atoms with Crippen LogP contribution in [0.15, 0.2) is 12.2 Å². The van der Waals surface area contributed by atoms with Crippen LogP contribution in [0.5, 0.6) is 0 Å². The van der Waals surface area contributed by atoms with E-state index in [1.165, 1.54) is 0 Å². The predicted molar refractivity (Wildman–Crippen MR) is 111 cm³/mol. The van der Waals surface area contributed by atoms with Crippen LogP contribution in [0, 0.1) is 35.0 Å². The smallest absolute Gasteiger partial charge is 0.334 e. The Hall–Kier alpha value is -1.31. The Balaban J connectivity index is 2.30. The lowest BCUT2D eigenvalue weighted by molar-refractivity contribution is -0.388. The van der Waals surface area contributed by atoms with Gasteiger partial charge in [0.25, 0.3) is 0 Å². The lowest BCUT2D eigenvalue weighted by Gasteiger charge is -2.44. The topological polar surface area (TPSA) is 44.8 Å². The summed E-state index contributed by atoms with van der Waals surface area (Å²) in [5.41, 5.74) is -1.34. The van der Waals surface area contributed by atoms with E-state index < -0.39 is 11.2 Å². The number of ether oxygens (including phenoxy) is 1. The van der Waals surface area contributed by atoms with Crippen molar-refractivity contribution in [3.8, 4) is 11.8 Å². The molecule has 4 heteroatoms. The summed E-state index contributed by atoms with van der Waals surface area (Å²) in [6, 6.07) is 0. The molecule has 2 aliphatic carbocycles. The SMILES string of the molecule is C=C(C)C(=O)O[C@]1(C#CC(C)(C)OOC(C)(C)CC)C[C@H]2C[C@H]1[C@H](C)C2(C)C. The zero-order valence-corrected chi connectivity index (χ0v) is 19.2. The Bertz CT molecular complexity index is 687. The normalized spacial score (nSPS) is 31.2. The van der Waals surface area contributed by atoms with Gasteiger partial charge in [0.05, 0.1) is 5.60 Å². The fraction of sp³-hybridized carbons (Fsp3) is 0.792. The maximum absolute atomic E-state index is 12.4. The minimum atomic E-state index is -0.810.